The SMILES string of the molecule is O=[N+]([O-])c1ccc(N=C(c2ccccc2)c2ccccc2)nc1. The molecule has 0 bridgehead atoms. The summed E-state index contributed by atoms with van der Waals surface area (Å²) < 4.78 is 0. The molecule has 3 rings (SSSR count). The average Bonchev–Trinajstić information content (AvgIpc) is 2.61. The Balaban J connectivity index is 2.06. The molecule has 0 N–H and O–H groups in total. The van der Waals surface area contributed by atoms with Crippen molar-refractivity contribution in [1.29, 1.82) is 0 Å². The van der Waals surface area contributed by atoms with Gasteiger partial charge in [-0.25, -0.2) is 9.98 Å². The highest BCUT2D eigenvalue weighted by atomic mass is 16.6. The average molecular weight is 303 g/mol. The van der Waals surface area contributed by atoms with Crippen LogP contribution in [-0.4, -0.2) is 15.6 Å². The van der Waals surface area contributed by atoms with Crippen molar-refractivity contribution in [2.75, 3.05) is 0 Å². The van der Waals surface area contributed by atoms with Crippen LogP contribution in [-0.2, 0) is 0 Å². The predicted octanol–water partition coefficient (Wildman–Crippen LogP) is 4.16. The van der Waals surface area contributed by atoms with E-state index in [9.17, 15) is 10.1 Å². The Hall–Kier alpha value is -3.34. The zero-order valence-electron chi connectivity index (χ0n) is 12.2. The Bertz CT molecular complexity index is 788. The van der Waals surface area contributed by atoms with Gasteiger partial charge in [-0.1, -0.05) is 60.7 Å². The molecule has 5 heteroatoms. The van der Waals surface area contributed by atoms with E-state index in [0.29, 0.717) is 5.82 Å². The first-order valence-electron chi connectivity index (χ1n) is 7.04. The van der Waals surface area contributed by atoms with Gasteiger partial charge in [0.15, 0.2) is 5.82 Å². The third kappa shape index (κ3) is 3.47. The predicted molar refractivity (Wildman–Crippen MR) is 89.1 cm³/mol. The van der Waals surface area contributed by atoms with E-state index < -0.39 is 4.92 Å². The zero-order valence-corrected chi connectivity index (χ0v) is 12.2. The first-order chi connectivity index (χ1) is 11.2. The van der Waals surface area contributed by atoms with Crippen molar-refractivity contribution in [2.24, 2.45) is 4.99 Å². The molecule has 2 aromatic carbocycles. The summed E-state index contributed by atoms with van der Waals surface area (Å²) in [4.78, 5) is 18.9. The number of benzene rings is 2. The van der Waals surface area contributed by atoms with E-state index in [1.54, 1.807) is 6.07 Å². The van der Waals surface area contributed by atoms with Crippen molar-refractivity contribution in [3.8, 4) is 0 Å². The minimum Gasteiger partial charge on any atom is -0.258 e. The van der Waals surface area contributed by atoms with Crippen molar-refractivity contribution in [3.63, 3.8) is 0 Å². The largest absolute Gasteiger partial charge is 0.287 e. The van der Waals surface area contributed by atoms with Crippen LogP contribution in [0.15, 0.2) is 84.0 Å². The normalized spacial score (nSPS) is 10.1. The molecule has 0 saturated heterocycles. The number of hydrogen-bond donors (Lipinski definition) is 0. The number of rotatable bonds is 4. The van der Waals surface area contributed by atoms with E-state index in [-0.39, 0.29) is 5.69 Å². The molecule has 0 unspecified atom stereocenters. The summed E-state index contributed by atoms with van der Waals surface area (Å²) in [6.45, 7) is 0. The molecule has 1 heterocycles. The Morgan fingerprint density at radius 1 is 0.870 bits per heavy atom. The Morgan fingerprint density at radius 2 is 1.43 bits per heavy atom. The number of aromatic nitrogens is 1. The number of pyridine rings is 1. The summed E-state index contributed by atoms with van der Waals surface area (Å²) in [6, 6.07) is 22.5. The van der Waals surface area contributed by atoms with Gasteiger partial charge in [0.2, 0.25) is 0 Å². The Labute approximate surface area is 133 Å². The lowest BCUT2D eigenvalue weighted by atomic mass is 10.0. The van der Waals surface area contributed by atoms with Gasteiger partial charge < -0.3 is 0 Å². The van der Waals surface area contributed by atoms with Gasteiger partial charge in [0, 0.05) is 17.2 Å². The molecule has 0 amide bonds. The van der Waals surface area contributed by atoms with Gasteiger partial charge in [0.1, 0.15) is 6.20 Å². The van der Waals surface area contributed by atoms with Gasteiger partial charge in [-0.05, 0) is 6.07 Å². The first-order valence-corrected chi connectivity index (χ1v) is 7.04. The van der Waals surface area contributed by atoms with Crippen LogP contribution in [0.5, 0.6) is 0 Å². The van der Waals surface area contributed by atoms with E-state index in [2.05, 4.69) is 9.98 Å². The molecule has 0 aliphatic heterocycles. The molecule has 1 aromatic heterocycles. The number of aliphatic imine (C=N–C) groups is 1. The summed E-state index contributed by atoms with van der Waals surface area (Å²) in [6.07, 6.45) is 1.21. The molecular weight excluding hydrogens is 290 g/mol. The minimum absolute atomic E-state index is 0.0510. The molecular formula is C18H13N3O2. The second-order valence-electron chi connectivity index (χ2n) is 4.82. The highest BCUT2D eigenvalue weighted by Crippen LogP contribution is 2.18. The quantitative estimate of drug-likeness (QED) is 0.413. The van der Waals surface area contributed by atoms with Gasteiger partial charge in [0.25, 0.3) is 5.69 Å². The van der Waals surface area contributed by atoms with E-state index in [0.717, 1.165) is 16.8 Å². The summed E-state index contributed by atoms with van der Waals surface area (Å²) in [7, 11) is 0. The van der Waals surface area contributed by atoms with E-state index in [4.69, 9.17) is 0 Å². The lowest BCUT2D eigenvalue weighted by molar-refractivity contribution is -0.385. The van der Waals surface area contributed by atoms with Crippen LogP contribution in [0.1, 0.15) is 11.1 Å². The van der Waals surface area contributed by atoms with Crippen molar-refractivity contribution in [2.45, 2.75) is 0 Å². The summed E-state index contributed by atoms with van der Waals surface area (Å²) >= 11 is 0. The third-order valence-electron chi connectivity index (χ3n) is 3.26. The molecule has 0 atom stereocenters. The molecule has 0 aliphatic carbocycles. The smallest absolute Gasteiger partial charge is 0.258 e. The van der Waals surface area contributed by atoms with Crippen LogP contribution in [0.3, 0.4) is 0 Å². The zero-order chi connectivity index (χ0) is 16.1. The highest BCUT2D eigenvalue weighted by Gasteiger charge is 2.09. The maximum atomic E-state index is 10.7. The third-order valence-corrected chi connectivity index (χ3v) is 3.26. The van der Waals surface area contributed by atoms with E-state index >= 15 is 0 Å². The van der Waals surface area contributed by atoms with Crippen LogP contribution < -0.4 is 0 Å². The topological polar surface area (TPSA) is 68.4 Å². The fourth-order valence-corrected chi connectivity index (χ4v) is 2.15. The monoisotopic (exact) mass is 303 g/mol. The number of nitro groups is 1. The van der Waals surface area contributed by atoms with Gasteiger partial charge in [-0.2, -0.15) is 0 Å². The second kappa shape index (κ2) is 6.62. The maximum Gasteiger partial charge on any atom is 0.287 e. The molecule has 0 saturated carbocycles. The fourth-order valence-electron chi connectivity index (χ4n) is 2.15. The molecule has 0 aliphatic rings. The van der Waals surface area contributed by atoms with Crippen molar-refractivity contribution < 1.29 is 4.92 Å². The van der Waals surface area contributed by atoms with Crippen molar-refractivity contribution in [1.82, 2.24) is 4.98 Å². The number of nitrogens with zero attached hydrogens (tertiary/aromatic N) is 3. The van der Waals surface area contributed by atoms with E-state index in [1.807, 2.05) is 60.7 Å². The molecule has 112 valence electrons. The molecule has 3 aromatic rings. The summed E-state index contributed by atoms with van der Waals surface area (Å²) in [5.41, 5.74) is 2.63. The molecule has 5 nitrogen and oxygen atoms in total. The molecule has 0 fully saturated rings. The van der Waals surface area contributed by atoms with Crippen LogP contribution in [0.4, 0.5) is 11.5 Å². The van der Waals surface area contributed by atoms with Crippen LogP contribution in [0.2, 0.25) is 0 Å². The second-order valence-corrected chi connectivity index (χ2v) is 4.82. The van der Waals surface area contributed by atoms with Crippen LogP contribution in [0.25, 0.3) is 0 Å². The Kier molecular flexibility index (Phi) is 4.20. The van der Waals surface area contributed by atoms with Gasteiger partial charge >= 0.3 is 0 Å². The minimum atomic E-state index is -0.476. The number of hydrogen-bond acceptors (Lipinski definition) is 4. The molecule has 0 spiro atoms. The van der Waals surface area contributed by atoms with Crippen LogP contribution in [0, 0.1) is 10.1 Å². The standard InChI is InChI=1S/C18H13N3O2/c22-21(23)16-11-12-17(19-13-16)20-18(14-7-3-1-4-8-14)15-9-5-2-6-10-15/h1-13H. The first kappa shape index (κ1) is 14.6. The van der Waals surface area contributed by atoms with Crippen molar-refractivity contribution >= 4 is 17.2 Å². The highest BCUT2D eigenvalue weighted by molar-refractivity contribution is 6.13. The van der Waals surface area contributed by atoms with Gasteiger partial charge in [-0.3, -0.25) is 10.1 Å². The lowest BCUT2D eigenvalue weighted by Gasteiger charge is -2.07. The fraction of sp³-hybridized carbons (Fsp3) is 0. The summed E-state index contributed by atoms with van der Waals surface area (Å²) in [5.74, 6) is 0.429. The van der Waals surface area contributed by atoms with E-state index in [1.165, 1.54) is 12.3 Å². The van der Waals surface area contributed by atoms with Crippen LogP contribution >= 0.6 is 0 Å². The Morgan fingerprint density at radius 3 is 1.87 bits per heavy atom. The maximum absolute atomic E-state index is 10.7. The van der Waals surface area contributed by atoms with Gasteiger partial charge in [0.05, 0.1) is 10.6 Å². The molecule has 23 heavy (non-hydrogen) atoms. The van der Waals surface area contributed by atoms with Crippen molar-refractivity contribution in [3.05, 3.63) is 100 Å². The van der Waals surface area contributed by atoms with Gasteiger partial charge in [-0.15, -0.1) is 0 Å². The lowest BCUT2D eigenvalue weighted by Crippen LogP contribution is -2.02. The molecule has 0 radical (unpaired) electrons. The summed E-state index contributed by atoms with van der Waals surface area (Å²) in [5, 5.41) is 10.7.